The summed E-state index contributed by atoms with van der Waals surface area (Å²) < 4.78 is 16.2. The van der Waals surface area contributed by atoms with E-state index in [1.165, 1.54) is 11.1 Å². The van der Waals surface area contributed by atoms with E-state index in [4.69, 9.17) is 19.6 Å². The number of nitrogens with one attached hydrogen (secondary N) is 1. The monoisotopic (exact) mass is 500 g/mol. The molecule has 9 heteroatoms. The summed E-state index contributed by atoms with van der Waals surface area (Å²) in [5, 5.41) is 3.26. The third-order valence-corrected chi connectivity index (χ3v) is 4.55. The van der Waals surface area contributed by atoms with Gasteiger partial charge < -0.3 is 29.8 Å². The molecule has 2 heterocycles. The molecule has 1 aromatic heterocycles. The smallest absolute Gasteiger partial charge is 0.284 e. The number of benzene rings is 1. The lowest BCUT2D eigenvalue weighted by Crippen LogP contribution is -2.43. The number of carbonyl (C=O) groups is 1. The quantitative estimate of drug-likeness (QED) is 0.371. The van der Waals surface area contributed by atoms with Crippen molar-refractivity contribution in [1.29, 1.82) is 0 Å². The molecule has 152 valence electrons. The third kappa shape index (κ3) is 4.70. The van der Waals surface area contributed by atoms with Crippen molar-refractivity contribution in [3.63, 3.8) is 0 Å². The number of rotatable bonds is 5. The van der Waals surface area contributed by atoms with Gasteiger partial charge in [0.1, 0.15) is 5.76 Å². The summed E-state index contributed by atoms with van der Waals surface area (Å²) in [7, 11) is 5.02. The number of nitrogens with zero attached hydrogens (tertiary/aromatic N) is 2. The highest BCUT2D eigenvalue weighted by Gasteiger charge is 2.22. The van der Waals surface area contributed by atoms with Crippen LogP contribution < -0.4 is 20.5 Å². The van der Waals surface area contributed by atoms with E-state index in [9.17, 15) is 4.79 Å². The number of hydrogen-bond acceptors (Lipinski definition) is 5. The van der Waals surface area contributed by atoms with E-state index in [1.807, 2.05) is 12.1 Å². The van der Waals surface area contributed by atoms with Gasteiger partial charge in [-0.05, 0) is 41.8 Å². The first kappa shape index (κ1) is 21.9. The number of hydrogen-bond donors (Lipinski definition) is 2. The normalized spacial score (nSPS) is 13.4. The van der Waals surface area contributed by atoms with Gasteiger partial charge in [-0.2, -0.15) is 0 Å². The van der Waals surface area contributed by atoms with Gasteiger partial charge in [0.2, 0.25) is 0 Å². The number of methoxy groups -OCH3 is 2. The number of carbonyl (C=O) groups excluding carboxylic acids is 1. The van der Waals surface area contributed by atoms with E-state index in [2.05, 4.69) is 15.2 Å². The van der Waals surface area contributed by atoms with Crippen LogP contribution in [0.15, 0.2) is 33.7 Å². The predicted octanol–water partition coefficient (Wildman–Crippen LogP) is 2.15. The first-order chi connectivity index (χ1) is 13.0. The van der Waals surface area contributed by atoms with E-state index in [0.717, 1.165) is 30.4 Å². The first-order valence-electron chi connectivity index (χ1n) is 8.63. The van der Waals surface area contributed by atoms with Crippen LogP contribution in [0.25, 0.3) is 0 Å². The Bertz CT molecular complexity index is 866. The lowest BCUT2D eigenvalue weighted by molar-refractivity contribution is 0.0972. The molecular formula is C19H25IN4O4. The minimum atomic E-state index is -0.581. The number of fused-ring (bicyclic) bond motifs is 1. The van der Waals surface area contributed by atoms with E-state index in [-0.39, 0.29) is 29.7 Å². The molecule has 1 aliphatic rings. The second kappa shape index (κ2) is 9.67. The van der Waals surface area contributed by atoms with Crippen molar-refractivity contribution in [2.24, 2.45) is 10.7 Å². The van der Waals surface area contributed by atoms with Crippen molar-refractivity contribution in [3.8, 4) is 11.5 Å². The second-order valence-electron chi connectivity index (χ2n) is 6.18. The molecule has 0 saturated heterocycles. The average Bonchev–Trinajstić information content (AvgIpc) is 3.16. The third-order valence-electron chi connectivity index (χ3n) is 4.55. The van der Waals surface area contributed by atoms with E-state index < -0.39 is 5.91 Å². The molecular weight excluding hydrogens is 475 g/mol. The molecule has 8 nitrogen and oxygen atoms in total. The van der Waals surface area contributed by atoms with Crippen molar-refractivity contribution in [1.82, 2.24) is 10.2 Å². The van der Waals surface area contributed by atoms with Gasteiger partial charge in [-0.1, -0.05) is 0 Å². The second-order valence-corrected chi connectivity index (χ2v) is 6.18. The highest BCUT2D eigenvalue weighted by Crippen LogP contribution is 2.33. The molecule has 1 aliphatic heterocycles. The molecule has 1 amide bonds. The van der Waals surface area contributed by atoms with Gasteiger partial charge >= 0.3 is 0 Å². The van der Waals surface area contributed by atoms with Crippen LogP contribution in [0.2, 0.25) is 0 Å². The van der Waals surface area contributed by atoms with Crippen LogP contribution in [0.1, 0.15) is 27.4 Å². The van der Waals surface area contributed by atoms with E-state index in [0.29, 0.717) is 18.8 Å². The molecule has 0 atom stereocenters. The highest BCUT2D eigenvalue weighted by molar-refractivity contribution is 14.0. The van der Waals surface area contributed by atoms with Crippen LogP contribution in [0.3, 0.4) is 0 Å². The van der Waals surface area contributed by atoms with Crippen molar-refractivity contribution in [2.45, 2.75) is 19.5 Å². The molecule has 0 bridgehead atoms. The zero-order valence-corrected chi connectivity index (χ0v) is 18.5. The zero-order valence-electron chi connectivity index (χ0n) is 16.2. The molecule has 1 aromatic carbocycles. The van der Waals surface area contributed by atoms with Gasteiger partial charge in [0.25, 0.3) is 5.91 Å². The minimum Gasteiger partial charge on any atom is -0.493 e. The summed E-state index contributed by atoms with van der Waals surface area (Å²) in [5.74, 6) is 2.41. The number of amides is 1. The van der Waals surface area contributed by atoms with E-state index in [1.54, 1.807) is 33.4 Å². The van der Waals surface area contributed by atoms with Gasteiger partial charge in [0.15, 0.2) is 23.2 Å². The summed E-state index contributed by atoms with van der Waals surface area (Å²) in [5.41, 5.74) is 7.63. The largest absolute Gasteiger partial charge is 0.493 e. The van der Waals surface area contributed by atoms with E-state index >= 15 is 0 Å². The summed E-state index contributed by atoms with van der Waals surface area (Å²) in [6, 6.07) is 7.34. The fourth-order valence-corrected chi connectivity index (χ4v) is 3.17. The Morgan fingerprint density at radius 1 is 1.25 bits per heavy atom. The number of halogens is 1. The molecule has 3 rings (SSSR count). The Morgan fingerprint density at radius 2 is 1.93 bits per heavy atom. The van der Waals surface area contributed by atoms with Crippen molar-refractivity contribution in [3.05, 3.63) is 46.9 Å². The number of furan rings is 1. The molecule has 0 fully saturated rings. The number of ether oxygens (including phenoxy) is 2. The fourth-order valence-electron chi connectivity index (χ4n) is 3.17. The molecule has 0 unspecified atom stereocenters. The number of primary amides is 1. The Balaban J connectivity index is 0.00000280. The molecule has 28 heavy (non-hydrogen) atoms. The van der Waals surface area contributed by atoms with Gasteiger partial charge in [-0.15, -0.1) is 24.0 Å². The zero-order chi connectivity index (χ0) is 19.4. The first-order valence-corrected chi connectivity index (χ1v) is 8.63. The van der Waals surface area contributed by atoms with Crippen molar-refractivity contribution >= 4 is 35.8 Å². The lowest BCUT2D eigenvalue weighted by Gasteiger charge is -2.32. The maximum absolute atomic E-state index is 11.1. The minimum absolute atomic E-state index is 0. The highest BCUT2D eigenvalue weighted by atomic mass is 127. The predicted molar refractivity (Wildman–Crippen MR) is 116 cm³/mol. The number of aliphatic imine (C=N–C) groups is 1. The number of guanidine groups is 1. The molecule has 0 radical (unpaired) electrons. The van der Waals surface area contributed by atoms with Crippen molar-refractivity contribution < 1.29 is 18.7 Å². The summed E-state index contributed by atoms with van der Waals surface area (Å²) in [4.78, 5) is 17.6. The van der Waals surface area contributed by atoms with Crippen LogP contribution in [0.4, 0.5) is 0 Å². The summed E-state index contributed by atoms with van der Waals surface area (Å²) in [6.07, 6.45) is 0.878. The van der Waals surface area contributed by atoms with Crippen LogP contribution in [0, 0.1) is 0 Å². The Labute approximate surface area is 181 Å². The van der Waals surface area contributed by atoms with Crippen LogP contribution in [0.5, 0.6) is 11.5 Å². The maximum Gasteiger partial charge on any atom is 0.284 e. The Kier molecular flexibility index (Phi) is 7.55. The topological polar surface area (TPSA) is 102 Å². The standard InChI is InChI=1S/C19H24N4O4.HI/c1-21-19(22-10-14-4-5-15(27-14)18(20)24)23-7-6-12-8-16(25-2)17(26-3)9-13(12)11-23;/h4-5,8-9H,6-7,10-11H2,1-3H3,(H2,20,24)(H,21,22);1H. The van der Waals surface area contributed by atoms with Crippen LogP contribution in [-0.2, 0) is 19.5 Å². The lowest BCUT2D eigenvalue weighted by atomic mass is 9.99. The van der Waals surface area contributed by atoms with Crippen LogP contribution >= 0.6 is 24.0 Å². The Hall–Kier alpha value is -2.43. The van der Waals surface area contributed by atoms with Crippen LogP contribution in [-0.4, -0.2) is 44.6 Å². The Morgan fingerprint density at radius 3 is 2.50 bits per heavy atom. The molecule has 0 saturated carbocycles. The molecule has 2 aromatic rings. The van der Waals surface area contributed by atoms with Gasteiger partial charge in [-0.3, -0.25) is 9.79 Å². The SMILES string of the molecule is CN=C(NCc1ccc(C(N)=O)o1)N1CCc2cc(OC)c(OC)cc2C1.I. The summed E-state index contributed by atoms with van der Waals surface area (Å²) in [6.45, 7) is 1.95. The number of nitrogens with two attached hydrogens (primary N) is 1. The average molecular weight is 500 g/mol. The van der Waals surface area contributed by atoms with Gasteiger partial charge in [0, 0.05) is 20.1 Å². The maximum atomic E-state index is 11.1. The van der Waals surface area contributed by atoms with Gasteiger partial charge in [0.05, 0.1) is 20.8 Å². The van der Waals surface area contributed by atoms with Gasteiger partial charge in [-0.25, -0.2) is 0 Å². The summed E-state index contributed by atoms with van der Waals surface area (Å²) >= 11 is 0. The van der Waals surface area contributed by atoms with Crippen molar-refractivity contribution in [2.75, 3.05) is 27.8 Å². The molecule has 0 aliphatic carbocycles. The molecule has 0 spiro atoms. The fraction of sp³-hybridized carbons (Fsp3) is 0.368. The molecule has 3 N–H and O–H groups in total.